The van der Waals surface area contributed by atoms with Crippen molar-refractivity contribution in [2.24, 2.45) is 10.2 Å². The molecule has 0 amide bonds. The summed E-state index contributed by atoms with van der Waals surface area (Å²) in [4.78, 5) is 14.0. The van der Waals surface area contributed by atoms with Gasteiger partial charge in [-0.15, -0.1) is 17.5 Å². The highest BCUT2D eigenvalue weighted by Gasteiger charge is 1.98. The van der Waals surface area contributed by atoms with E-state index in [-0.39, 0.29) is 24.2 Å². The fraction of sp³-hybridized carbons (Fsp3) is 0.294. The van der Waals surface area contributed by atoms with Gasteiger partial charge in [0.05, 0.1) is 12.3 Å². The molecule has 4 N–H and O–H groups in total. The third-order valence-electron chi connectivity index (χ3n) is 2.76. The Morgan fingerprint density at radius 3 is 2.36 bits per heavy atom. The van der Waals surface area contributed by atoms with E-state index in [0.717, 1.165) is 18.5 Å². The van der Waals surface area contributed by atoms with Crippen LogP contribution in [0.1, 0.15) is 26.7 Å². The van der Waals surface area contributed by atoms with Gasteiger partial charge in [-0.2, -0.15) is 5.11 Å². The van der Waals surface area contributed by atoms with Crippen molar-refractivity contribution in [1.29, 1.82) is 0 Å². The molecule has 1 aromatic heterocycles. The molecule has 136 valence electrons. The maximum absolute atomic E-state index is 10.1. The molecular weight excluding hydrogens is 342 g/mol. The summed E-state index contributed by atoms with van der Waals surface area (Å²) in [5.41, 5.74) is 12.4. The second-order valence-electron chi connectivity index (χ2n) is 4.87. The number of aromatic nitrogens is 1. The monoisotopic (exact) mass is 365 g/mol. The molecule has 0 aliphatic rings. The van der Waals surface area contributed by atoms with Crippen LogP contribution in [0.25, 0.3) is 0 Å². The first-order valence-corrected chi connectivity index (χ1v) is 7.65. The average Bonchev–Trinajstić information content (AvgIpc) is 2.56. The van der Waals surface area contributed by atoms with Gasteiger partial charge >= 0.3 is 5.97 Å². The third kappa shape index (κ3) is 9.93. The minimum atomic E-state index is -0.182. The molecule has 0 saturated carbocycles. The number of nitrogens with zero attached hydrogens (tertiary/aromatic N) is 3. The van der Waals surface area contributed by atoms with Crippen LogP contribution in [0.2, 0.25) is 0 Å². The number of hydrogen-bond acceptors (Lipinski definition) is 7. The van der Waals surface area contributed by atoms with Crippen molar-refractivity contribution in [3.8, 4) is 0 Å². The van der Waals surface area contributed by atoms with Gasteiger partial charge in [-0.1, -0.05) is 31.5 Å². The van der Waals surface area contributed by atoms with Crippen molar-refractivity contribution >= 4 is 41.4 Å². The molecular formula is C17H24ClN5O2. The summed E-state index contributed by atoms with van der Waals surface area (Å²) in [5, 5.41) is 8.03. The first-order valence-electron chi connectivity index (χ1n) is 7.65. The van der Waals surface area contributed by atoms with Crippen molar-refractivity contribution in [3.05, 3.63) is 42.5 Å². The number of pyridine rings is 1. The lowest BCUT2D eigenvalue weighted by Crippen LogP contribution is -1.99. The van der Waals surface area contributed by atoms with E-state index in [0.29, 0.717) is 18.1 Å². The van der Waals surface area contributed by atoms with Crippen LogP contribution in [0.4, 0.5) is 23.0 Å². The van der Waals surface area contributed by atoms with E-state index >= 15 is 0 Å². The number of nitrogen functional groups attached to an aromatic ring is 2. The van der Waals surface area contributed by atoms with Crippen LogP contribution < -0.4 is 11.5 Å². The van der Waals surface area contributed by atoms with Gasteiger partial charge in [-0.25, -0.2) is 4.98 Å². The van der Waals surface area contributed by atoms with Crippen molar-refractivity contribution < 1.29 is 9.53 Å². The first kappa shape index (κ1) is 22.3. The molecule has 0 aliphatic heterocycles. The predicted octanol–water partition coefficient (Wildman–Crippen LogP) is 4.43. The number of halogens is 1. The minimum absolute atomic E-state index is 0. The molecule has 0 radical (unpaired) electrons. The number of benzene rings is 1. The molecule has 1 aromatic carbocycles. The van der Waals surface area contributed by atoms with Gasteiger partial charge in [0.25, 0.3) is 0 Å². The summed E-state index contributed by atoms with van der Waals surface area (Å²) in [6.07, 6.45) is 2.05. The van der Waals surface area contributed by atoms with Crippen LogP contribution in [-0.2, 0) is 9.53 Å². The van der Waals surface area contributed by atoms with E-state index in [1.165, 1.54) is 6.92 Å². The number of carbonyl (C=O) groups excluding carboxylic acids is 1. The molecule has 0 spiro atoms. The number of nitrogens with two attached hydrogens (primary N) is 2. The highest BCUT2D eigenvalue weighted by molar-refractivity contribution is 5.85. The molecule has 0 saturated heterocycles. The predicted molar refractivity (Wildman–Crippen MR) is 102 cm³/mol. The van der Waals surface area contributed by atoms with Gasteiger partial charge in [-0.05, 0) is 30.7 Å². The number of rotatable bonds is 5. The second kappa shape index (κ2) is 12.7. The van der Waals surface area contributed by atoms with Gasteiger partial charge in [0.2, 0.25) is 0 Å². The number of ether oxygens (including phenoxy) is 1. The van der Waals surface area contributed by atoms with E-state index in [1.54, 1.807) is 12.1 Å². The molecule has 8 heteroatoms. The van der Waals surface area contributed by atoms with E-state index in [4.69, 9.17) is 11.5 Å². The Kier molecular flexibility index (Phi) is 11.4. The Hall–Kier alpha value is -2.67. The number of azo groups is 1. The average molecular weight is 366 g/mol. The normalized spacial score (nSPS) is 9.68. The fourth-order valence-electron chi connectivity index (χ4n) is 1.53. The SMILES string of the molecule is CCCCOC(C)=O.Cl.Nc1ccc(N=Nc2ccccc2)c(N)n1. The van der Waals surface area contributed by atoms with Crippen LogP contribution in [0.3, 0.4) is 0 Å². The zero-order valence-electron chi connectivity index (χ0n) is 14.4. The smallest absolute Gasteiger partial charge is 0.302 e. The topological polar surface area (TPSA) is 116 Å². The van der Waals surface area contributed by atoms with E-state index in [1.807, 2.05) is 30.3 Å². The lowest BCUT2D eigenvalue weighted by atomic mass is 10.3. The first-order chi connectivity index (χ1) is 11.5. The molecule has 25 heavy (non-hydrogen) atoms. The summed E-state index contributed by atoms with van der Waals surface area (Å²) in [5.74, 6) is 0.467. The lowest BCUT2D eigenvalue weighted by molar-refractivity contribution is -0.141. The van der Waals surface area contributed by atoms with Crippen LogP contribution in [0, 0.1) is 0 Å². The Morgan fingerprint density at radius 2 is 1.80 bits per heavy atom. The second-order valence-corrected chi connectivity index (χ2v) is 4.87. The summed E-state index contributed by atoms with van der Waals surface area (Å²) in [7, 11) is 0. The van der Waals surface area contributed by atoms with E-state index in [2.05, 4.69) is 26.9 Å². The maximum atomic E-state index is 10.1. The number of anilines is 2. The minimum Gasteiger partial charge on any atom is -0.466 e. The van der Waals surface area contributed by atoms with Crippen molar-refractivity contribution in [2.45, 2.75) is 26.7 Å². The molecule has 2 rings (SSSR count). The van der Waals surface area contributed by atoms with Crippen molar-refractivity contribution in [1.82, 2.24) is 4.98 Å². The molecule has 0 unspecified atom stereocenters. The molecule has 0 atom stereocenters. The Bertz CT molecular complexity index is 665. The largest absolute Gasteiger partial charge is 0.466 e. The number of unbranched alkanes of at least 4 members (excludes halogenated alkanes) is 1. The van der Waals surface area contributed by atoms with Crippen LogP contribution in [0.15, 0.2) is 52.7 Å². The maximum Gasteiger partial charge on any atom is 0.302 e. The summed E-state index contributed by atoms with van der Waals surface area (Å²) in [6.45, 7) is 4.06. The lowest BCUT2D eigenvalue weighted by Gasteiger charge is -1.98. The van der Waals surface area contributed by atoms with E-state index < -0.39 is 0 Å². The fourth-order valence-corrected chi connectivity index (χ4v) is 1.53. The number of hydrogen-bond donors (Lipinski definition) is 2. The van der Waals surface area contributed by atoms with E-state index in [9.17, 15) is 4.79 Å². The number of carbonyl (C=O) groups is 1. The summed E-state index contributed by atoms with van der Waals surface area (Å²) in [6, 6.07) is 12.7. The molecule has 0 fully saturated rings. The summed E-state index contributed by atoms with van der Waals surface area (Å²) < 4.78 is 4.64. The van der Waals surface area contributed by atoms with Gasteiger partial charge in [-0.3, -0.25) is 4.79 Å². The van der Waals surface area contributed by atoms with Gasteiger partial charge in [0, 0.05) is 6.92 Å². The van der Waals surface area contributed by atoms with Crippen LogP contribution in [-0.4, -0.2) is 17.6 Å². The molecule has 0 aliphatic carbocycles. The molecule has 1 heterocycles. The van der Waals surface area contributed by atoms with Crippen molar-refractivity contribution in [3.63, 3.8) is 0 Å². The van der Waals surface area contributed by atoms with Gasteiger partial charge in [0.1, 0.15) is 11.5 Å². The molecule has 2 aromatic rings. The number of esters is 1. The Morgan fingerprint density at radius 1 is 1.12 bits per heavy atom. The molecule has 0 bridgehead atoms. The molecule has 7 nitrogen and oxygen atoms in total. The van der Waals surface area contributed by atoms with Crippen LogP contribution in [0.5, 0.6) is 0 Å². The highest BCUT2D eigenvalue weighted by atomic mass is 35.5. The van der Waals surface area contributed by atoms with Gasteiger partial charge < -0.3 is 16.2 Å². The zero-order chi connectivity index (χ0) is 17.8. The third-order valence-corrected chi connectivity index (χ3v) is 2.76. The zero-order valence-corrected chi connectivity index (χ0v) is 15.2. The quantitative estimate of drug-likeness (QED) is 0.461. The van der Waals surface area contributed by atoms with Crippen molar-refractivity contribution in [2.75, 3.05) is 18.1 Å². The van der Waals surface area contributed by atoms with Crippen LogP contribution >= 0.6 is 12.4 Å². The standard InChI is InChI=1S/C11H11N5.C6H12O2.ClH/c12-10-7-6-9(11(13)14-10)16-15-8-4-2-1-3-5-8;1-3-4-5-8-6(2)7;/h1-7H,(H4,12,13,14);3-5H2,1-2H3;1H. The Balaban J connectivity index is 0.000000552. The highest BCUT2D eigenvalue weighted by Crippen LogP contribution is 2.23. The van der Waals surface area contributed by atoms with Gasteiger partial charge in [0.15, 0.2) is 5.82 Å². The Labute approximate surface area is 153 Å². The summed E-state index contributed by atoms with van der Waals surface area (Å²) >= 11 is 0.